The number of benzene rings is 2. The van der Waals surface area contributed by atoms with Crippen LogP contribution >= 0.6 is 34.5 Å². The predicted molar refractivity (Wildman–Crippen MR) is 177 cm³/mol. The summed E-state index contributed by atoms with van der Waals surface area (Å²) < 4.78 is 11.4. The largest absolute Gasteiger partial charge is 0.481 e. The number of thiazole rings is 1. The molecule has 2 amide bonds. The predicted octanol–water partition coefficient (Wildman–Crippen LogP) is 6.46. The number of carboxylic acids is 1. The van der Waals surface area contributed by atoms with Crippen molar-refractivity contribution in [3.63, 3.8) is 0 Å². The van der Waals surface area contributed by atoms with E-state index in [4.69, 9.17) is 37.5 Å². The molecular weight excluding hydrogens is 651 g/mol. The number of carboxylic acid groups (broad SMARTS) is 1. The molecule has 242 valence electrons. The summed E-state index contributed by atoms with van der Waals surface area (Å²) in [6.07, 6.45) is 4.42. The Kier molecular flexibility index (Phi) is 9.67. The molecule has 2 N–H and O–H groups in total. The maximum atomic E-state index is 14.0. The molecule has 10 nitrogen and oxygen atoms in total. The lowest BCUT2D eigenvalue weighted by Crippen LogP contribution is -2.51. The van der Waals surface area contributed by atoms with E-state index in [1.165, 1.54) is 17.6 Å². The van der Waals surface area contributed by atoms with Crippen LogP contribution in [0.25, 0.3) is 11.0 Å². The summed E-state index contributed by atoms with van der Waals surface area (Å²) in [6.45, 7) is 6.18. The Bertz CT molecular complexity index is 1770. The Balaban J connectivity index is 1.20. The SMILES string of the molecule is C[C@@H]1CN([C@H]2C[C@@H](c3ncc(CCC(=O)O)s3)N(C(=O)Cc3cc(Cl)c(NC(=O)c4coc5ccccc45)cc3Cl)C2)C[C@H](C)O1. The van der Waals surface area contributed by atoms with Crippen molar-refractivity contribution in [1.29, 1.82) is 0 Å². The number of halogens is 2. The van der Waals surface area contributed by atoms with Gasteiger partial charge in [-0.2, -0.15) is 0 Å². The molecule has 2 aromatic heterocycles. The molecular formula is C33H34Cl2N4O6S. The highest BCUT2D eigenvalue weighted by Gasteiger charge is 2.42. The third-order valence-electron chi connectivity index (χ3n) is 8.46. The number of carbonyl (C=O) groups is 3. The number of hydrogen-bond acceptors (Lipinski definition) is 8. The number of nitrogens with one attached hydrogen (secondary N) is 1. The highest BCUT2D eigenvalue weighted by molar-refractivity contribution is 7.11. The zero-order chi connectivity index (χ0) is 32.5. The van der Waals surface area contributed by atoms with Gasteiger partial charge in [0.05, 0.1) is 47.4 Å². The summed E-state index contributed by atoms with van der Waals surface area (Å²) in [5.41, 5.74) is 1.83. The van der Waals surface area contributed by atoms with E-state index < -0.39 is 11.9 Å². The fourth-order valence-electron chi connectivity index (χ4n) is 6.35. The number of nitrogens with zero attached hydrogens (tertiary/aromatic N) is 3. The molecule has 0 saturated carbocycles. The van der Waals surface area contributed by atoms with Crippen LogP contribution in [0.4, 0.5) is 5.69 Å². The van der Waals surface area contributed by atoms with Crippen LogP contribution in [-0.4, -0.2) is 75.6 Å². The third kappa shape index (κ3) is 7.08. The minimum atomic E-state index is -0.862. The van der Waals surface area contributed by atoms with Crippen LogP contribution in [0.2, 0.25) is 10.0 Å². The molecule has 4 aromatic rings. The molecule has 0 radical (unpaired) electrons. The highest BCUT2D eigenvalue weighted by atomic mass is 35.5. The van der Waals surface area contributed by atoms with Crippen molar-refractivity contribution in [3.05, 3.63) is 79.9 Å². The number of aliphatic carboxylic acids is 1. The number of morpholine rings is 1. The lowest BCUT2D eigenvalue weighted by molar-refractivity contribution is -0.137. The number of likely N-dealkylation sites (tertiary alicyclic amines) is 1. The van der Waals surface area contributed by atoms with Crippen molar-refractivity contribution in [2.75, 3.05) is 25.0 Å². The Morgan fingerprint density at radius 2 is 1.85 bits per heavy atom. The maximum absolute atomic E-state index is 14.0. The first-order valence-electron chi connectivity index (χ1n) is 15.2. The van der Waals surface area contributed by atoms with Gasteiger partial charge in [-0.1, -0.05) is 41.4 Å². The molecule has 4 heterocycles. The van der Waals surface area contributed by atoms with Crippen LogP contribution in [0.1, 0.15) is 58.5 Å². The fraction of sp³-hybridized carbons (Fsp3) is 0.394. The molecule has 0 unspecified atom stereocenters. The van der Waals surface area contributed by atoms with Crippen LogP contribution in [-0.2, 0) is 27.2 Å². The van der Waals surface area contributed by atoms with Gasteiger partial charge in [0, 0.05) is 47.2 Å². The highest BCUT2D eigenvalue weighted by Crippen LogP contribution is 2.39. The lowest BCUT2D eigenvalue weighted by atomic mass is 10.1. The number of amides is 2. The first-order chi connectivity index (χ1) is 22.0. The quantitative estimate of drug-likeness (QED) is 0.206. The van der Waals surface area contributed by atoms with Gasteiger partial charge in [-0.15, -0.1) is 11.3 Å². The summed E-state index contributed by atoms with van der Waals surface area (Å²) in [6, 6.07) is 10.3. The Labute approximate surface area is 280 Å². The number of aryl methyl sites for hydroxylation is 1. The van der Waals surface area contributed by atoms with Crippen LogP contribution in [0, 0.1) is 0 Å². The van der Waals surface area contributed by atoms with Gasteiger partial charge in [-0.3, -0.25) is 19.3 Å². The van der Waals surface area contributed by atoms with Crippen molar-refractivity contribution in [2.24, 2.45) is 0 Å². The van der Waals surface area contributed by atoms with E-state index in [0.29, 0.717) is 52.2 Å². The summed E-state index contributed by atoms with van der Waals surface area (Å²) in [7, 11) is 0. The van der Waals surface area contributed by atoms with Crippen molar-refractivity contribution < 1.29 is 28.6 Å². The van der Waals surface area contributed by atoms with Gasteiger partial charge in [-0.05, 0) is 50.5 Å². The summed E-state index contributed by atoms with van der Waals surface area (Å²) >= 11 is 14.7. The fourth-order valence-corrected chi connectivity index (χ4v) is 7.86. The zero-order valence-electron chi connectivity index (χ0n) is 25.4. The van der Waals surface area contributed by atoms with Crippen LogP contribution in [0.5, 0.6) is 0 Å². The van der Waals surface area contributed by atoms with Crippen LogP contribution in [0.3, 0.4) is 0 Å². The Morgan fingerprint density at radius 3 is 2.61 bits per heavy atom. The van der Waals surface area contributed by atoms with E-state index in [2.05, 4.69) is 29.0 Å². The normalized spacial score (nSPS) is 22.0. The average molecular weight is 686 g/mol. The van der Waals surface area contributed by atoms with Crippen molar-refractivity contribution >= 4 is 69.0 Å². The second-order valence-electron chi connectivity index (χ2n) is 11.9. The summed E-state index contributed by atoms with van der Waals surface area (Å²) in [5.74, 6) is -1.38. The molecule has 4 atom stereocenters. The van der Waals surface area contributed by atoms with Crippen molar-refractivity contribution in [3.8, 4) is 0 Å². The van der Waals surface area contributed by atoms with Gasteiger partial charge in [0.2, 0.25) is 5.91 Å². The Hall–Kier alpha value is -3.48. The third-order valence-corrected chi connectivity index (χ3v) is 10.3. The van der Waals surface area contributed by atoms with E-state index >= 15 is 0 Å². The first-order valence-corrected chi connectivity index (χ1v) is 16.7. The van der Waals surface area contributed by atoms with E-state index in [9.17, 15) is 14.4 Å². The number of aromatic nitrogens is 1. The van der Waals surface area contributed by atoms with E-state index in [-0.39, 0.29) is 48.1 Å². The number of para-hydroxylation sites is 1. The van der Waals surface area contributed by atoms with Crippen molar-refractivity contribution in [2.45, 2.75) is 63.8 Å². The van der Waals surface area contributed by atoms with Gasteiger partial charge < -0.3 is 24.5 Å². The van der Waals surface area contributed by atoms with Gasteiger partial charge in [0.25, 0.3) is 5.91 Å². The smallest absolute Gasteiger partial charge is 0.303 e. The lowest BCUT2D eigenvalue weighted by Gasteiger charge is -2.38. The molecule has 2 aromatic carbocycles. The number of fused-ring (bicyclic) bond motifs is 1. The van der Waals surface area contributed by atoms with E-state index in [1.807, 2.05) is 17.0 Å². The topological polar surface area (TPSA) is 125 Å². The van der Waals surface area contributed by atoms with Gasteiger partial charge >= 0.3 is 5.97 Å². The van der Waals surface area contributed by atoms with Gasteiger partial charge in [0.15, 0.2) is 0 Å². The number of anilines is 1. The van der Waals surface area contributed by atoms with Gasteiger partial charge in [-0.25, -0.2) is 4.98 Å². The molecule has 2 fully saturated rings. The number of ether oxygens (including phenoxy) is 1. The number of hydrogen-bond donors (Lipinski definition) is 2. The minimum Gasteiger partial charge on any atom is -0.481 e. The molecule has 2 saturated heterocycles. The summed E-state index contributed by atoms with van der Waals surface area (Å²) in [5, 5.41) is 14.0. The molecule has 2 aliphatic rings. The standard InChI is InChI=1S/C33H34Cl2N4O6S/c1-18-14-38(15-19(2)45-18)21-11-28(33-36-13-22(46-33)7-8-31(41)42)39(16-21)30(40)10-20-9-26(35)27(12-25(20)34)37-32(43)24-17-44-29-6-4-3-5-23(24)29/h3-6,9,12-13,17-19,21,28H,7-8,10-11,14-16H2,1-2H3,(H,37,43)(H,41,42)/t18-,19+,21-,28-/m0/s1. The number of furan rings is 1. The molecule has 6 rings (SSSR count). The molecule has 2 aliphatic heterocycles. The minimum absolute atomic E-state index is 0.00946. The molecule has 0 aliphatic carbocycles. The Morgan fingerprint density at radius 1 is 1.09 bits per heavy atom. The first kappa shape index (κ1) is 32.5. The molecule has 0 spiro atoms. The molecule has 46 heavy (non-hydrogen) atoms. The van der Waals surface area contributed by atoms with E-state index in [1.54, 1.807) is 30.5 Å². The van der Waals surface area contributed by atoms with Crippen LogP contribution < -0.4 is 5.32 Å². The number of carbonyl (C=O) groups excluding carboxylic acids is 2. The van der Waals surface area contributed by atoms with Crippen molar-refractivity contribution in [1.82, 2.24) is 14.8 Å². The second-order valence-corrected chi connectivity index (χ2v) is 13.9. The second kappa shape index (κ2) is 13.7. The average Bonchev–Trinajstić information content (AvgIpc) is 3.76. The van der Waals surface area contributed by atoms with Gasteiger partial charge in [0.1, 0.15) is 16.9 Å². The van der Waals surface area contributed by atoms with Crippen LogP contribution in [0.15, 0.2) is 53.3 Å². The molecule has 0 bridgehead atoms. The maximum Gasteiger partial charge on any atom is 0.303 e. The molecule has 13 heteroatoms. The monoisotopic (exact) mass is 684 g/mol. The zero-order valence-corrected chi connectivity index (χ0v) is 27.7. The number of rotatable bonds is 9. The van der Waals surface area contributed by atoms with E-state index in [0.717, 1.165) is 23.0 Å². The summed E-state index contributed by atoms with van der Waals surface area (Å²) in [4.78, 5) is 47.9.